The highest BCUT2D eigenvalue weighted by Crippen LogP contribution is 2.22. The molecule has 9 heteroatoms. The molecule has 0 bridgehead atoms. The van der Waals surface area contributed by atoms with E-state index in [2.05, 4.69) is 38.2 Å². The summed E-state index contributed by atoms with van der Waals surface area (Å²) in [5, 5.41) is 39.9. The van der Waals surface area contributed by atoms with Crippen molar-refractivity contribution in [3.8, 4) is 0 Å². The quantitative estimate of drug-likeness (QED) is 0.0296. The molecule has 1 rings (SSSR count). The van der Waals surface area contributed by atoms with Crippen molar-refractivity contribution in [2.24, 2.45) is 0 Å². The third-order valence-corrected chi connectivity index (χ3v) is 9.37. The van der Waals surface area contributed by atoms with E-state index >= 15 is 0 Å². The first-order valence-electron chi connectivity index (χ1n) is 20.4. The Balaban J connectivity index is 2.20. The van der Waals surface area contributed by atoms with Crippen molar-refractivity contribution >= 4 is 5.97 Å². The Morgan fingerprint density at radius 1 is 0.640 bits per heavy atom. The van der Waals surface area contributed by atoms with Crippen LogP contribution in [0.2, 0.25) is 0 Å². The Bertz CT molecular complexity index is 818. The fraction of sp³-hybridized carbons (Fsp3) is 0.878. The molecular weight excluding hydrogens is 636 g/mol. The maximum absolute atomic E-state index is 12.6. The monoisotopic (exact) mass is 713 g/mol. The lowest BCUT2D eigenvalue weighted by atomic mass is 9.99. The van der Waals surface area contributed by atoms with Gasteiger partial charge in [-0.15, -0.1) is 0 Å². The molecule has 1 heterocycles. The highest BCUT2D eigenvalue weighted by atomic mass is 16.7. The molecule has 6 atom stereocenters. The molecular formula is C41H76O9. The van der Waals surface area contributed by atoms with Gasteiger partial charge >= 0.3 is 5.97 Å². The number of hydrogen-bond acceptors (Lipinski definition) is 9. The Morgan fingerprint density at radius 3 is 1.76 bits per heavy atom. The predicted octanol–water partition coefficient (Wildman–Crippen LogP) is 8.25. The Hall–Kier alpha value is -1.33. The maximum atomic E-state index is 12.6. The minimum Gasteiger partial charge on any atom is -0.457 e. The largest absolute Gasteiger partial charge is 0.457 e. The molecule has 1 aliphatic rings. The number of allylic oxidation sites excluding steroid dienone is 4. The second kappa shape index (κ2) is 33.5. The van der Waals surface area contributed by atoms with Gasteiger partial charge in [0.15, 0.2) is 6.29 Å². The Labute approximate surface area is 305 Å². The summed E-state index contributed by atoms with van der Waals surface area (Å²) in [6.07, 6.45) is 29.4. The van der Waals surface area contributed by atoms with Crippen molar-refractivity contribution in [2.45, 2.75) is 205 Å². The second-order valence-electron chi connectivity index (χ2n) is 14.1. The summed E-state index contributed by atoms with van der Waals surface area (Å²) in [7, 11) is 0. The lowest BCUT2D eigenvalue weighted by Crippen LogP contribution is -2.59. The maximum Gasteiger partial charge on any atom is 0.306 e. The number of aliphatic hydroxyl groups excluding tert-OH is 4. The van der Waals surface area contributed by atoms with Crippen molar-refractivity contribution in [2.75, 3.05) is 26.4 Å². The van der Waals surface area contributed by atoms with Crippen LogP contribution in [0.5, 0.6) is 0 Å². The SMILES string of the molecule is CCCCC/C=C\C/C=C\CCCCCCCCCCCCOCC(COC1OC(CO)C(O)C(O)C1O)OC(=O)CCCCCCCCC. The number of rotatable bonds is 34. The van der Waals surface area contributed by atoms with Gasteiger partial charge in [-0.05, 0) is 44.9 Å². The lowest BCUT2D eigenvalue weighted by Gasteiger charge is -2.39. The molecule has 294 valence electrons. The van der Waals surface area contributed by atoms with Crippen LogP contribution in [-0.4, -0.2) is 89.6 Å². The van der Waals surface area contributed by atoms with Gasteiger partial charge in [0.2, 0.25) is 0 Å². The minimum atomic E-state index is -1.53. The molecule has 9 nitrogen and oxygen atoms in total. The van der Waals surface area contributed by atoms with Crippen LogP contribution in [0.1, 0.15) is 168 Å². The normalized spacial score (nSPS) is 21.8. The number of unbranched alkanes of at least 4 members (excludes halogenated alkanes) is 19. The number of hydrogen-bond donors (Lipinski definition) is 4. The van der Waals surface area contributed by atoms with E-state index in [0.717, 1.165) is 38.5 Å². The van der Waals surface area contributed by atoms with Gasteiger partial charge in [0.05, 0.1) is 19.8 Å². The first-order valence-corrected chi connectivity index (χ1v) is 20.4. The summed E-state index contributed by atoms with van der Waals surface area (Å²) in [6.45, 7) is 4.48. The fourth-order valence-electron chi connectivity index (χ4n) is 6.11. The van der Waals surface area contributed by atoms with E-state index in [1.54, 1.807) is 0 Å². The van der Waals surface area contributed by atoms with Gasteiger partial charge in [0.25, 0.3) is 0 Å². The van der Waals surface area contributed by atoms with Crippen LogP contribution in [0, 0.1) is 0 Å². The molecule has 1 saturated heterocycles. The molecule has 6 unspecified atom stereocenters. The highest BCUT2D eigenvalue weighted by molar-refractivity contribution is 5.69. The zero-order chi connectivity index (χ0) is 36.5. The molecule has 50 heavy (non-hydrogen) atoms. The Kier molecular flexibility index (Phi) is 31.3. The topological polar surface area (TPSA) is 135 Å². The van der Waals surface area contributed by atoms with E-state index in [1.165, 1.54) is 109 Å². The van der Waals surface area contributed by atoms with Crippen LogP contribution >= 0.6 is 0 Å². The van der Waals surface area contributed by atoms with E-state index in [0.29, 0.717) is 13.0 Å². The smallest absolute Gasteiger partial charge is 0.306 e. The van der Waals surface area contributed by atoms with Crippen LogP contribution in [0.15, 0.2) is 24.3 Å². The summed E-state index contributed by atoms with van der Waals surface area (Å²) < 4.78 is 22.7. The molecule has 1 fully saturated rings. The van der Waals surface area contributed by atoms with E-state index in [-0.39, 0.29) is 19.2 Å². The molecule has 4 N–H and O–H groups in total. The molecule has 0 aromatic rings. The zero-order valence-corrected chi connectivity index (χ0v) is 31.9. The number of carbonyl (C=O) groups is 1. The Morgan fingerprint density at radius 2 is 1.16 bits per heavy atom. The molecule has 0 aromatic heterocycles. The predicted molar refractivity (Wildman–Crippen MR) is 201 cm³/mol. The molecule has 1 aliphatic heterocycles. The highest BCUT2D eigenvalue weighted by Gasteiger charge is 2.44. The number of esters is 1. The molecule has 0 radical (unpaired) electrons. The first-order chi connectivity index (χ1) is 24.4. The third-order valence-electron chi connectivity index (χ3n) is 9.37. The zero-order valence-electron chi connectivity index (χ0n) is 31.9. The molecule has 0 amide bonds. The van der Waals surface area contributed by atoms with Gasteiger partial charge in [-0.1, -0.05) is 141 Å². The third kappa shape index (κ3) is 24.8. The van der Waals surface area contributed by atoms with Crippen molar-refractivity contribution in [3.05, 3.63) is 24.3 Å². The summed E-state index contributed by atoms with van der Waals surface area (Å²) in [6, 6.07) is 0. The lowest BCUT2D eigenvalue weighted by molar-refractivity contribution is -0.305. The van der Waals surface area contributed by atoms with Gasteiger partial charge in [-0.2, -0.15) is 0 Å². The van der Waals surface area contributed by atoms with Gasteiger partial charge < -0.3 is 39.4 Å². The summed E-state index contributed by atoms with van der Waals surface area (Å²) in [4.78, 5) is 12.6. The van der Waals surface area contributed by atoms with Gasteiger partial charge in [-0.3, -0.25) is 4.79 Å². The summed E-state index contributed by atoms with van der Waals surface area (Å²) >= 11 is 0. The van der Waals surface area contributed by atoms with Crippen molar-refractivity contribution in [1.29, 1.82) is 0 Å². The number of carbonyl (C=O) groups excluding carboxylic acids is 1. The van der Waals surface area contributed by atoms with Crippen LogP contribution in [0.25, 0.3) is 0 Å². The summed E-state index contributed by atoms with van der Waals surface area (Å²) in [5.41, 5.74) is 0. The average Bonchev–Trinajstić information content (AvgIpc) is 3.11. The van der Waals surface area contributed by atoms with Crippen LogP contribution < -0.4 is 0 Å². The van der Waals surface area contributed by atoms with Crippen LogP contribution in [0.3, 0.4) is 0 Å². The molecule has 0 aliphatic carbocycles. The van der Waals surface area contributed by atoms with Gasteiger partial charge in [0, 0.05) is 13.0 Å². The van der Waals surface area contributed by atoms with Crippen LogP contribution in [-0.2, 0) is 23.7 Å². The molecule has 0 spiro atoms. The van der Waals surface area contributed by atoms with Gasteiger partial charge in [-0.25, -0.2) is 0 Å². The van der Waals surface area contributed by atoms with E-state index in [9.17, 15) is 25.2 Å². The number of aliphatic hydroxyl groups is 4. The van der Waals surface area contributed by atoms with E-state index in [4.69, 9.17) is 18.9 Å². The molecule has 0 aromatic carbocycles. The molecule has 0 saturated carbocycles. The van der Waals surface area contributed by atoms with Crippen LogP contribution in [0.4, 0.5) is 0 Å². The first kappa shape index (κ1) is 46.7. The average molecular weight is 713 g/mol. The van der Waals surface area contributed by atoms with Crippen molar-refractivity contribution in [3.63, 3.8) is 0 Å². The summed E-state index contributed by atoms with van der Waals surface area (Å²) in [5.74, 6) is -0.321. The standard InChI is InChI=1S/C41H76O9/c1-3-5-7-9-11-12-13-14-15-16-17-18-19-20-21-22-23-25-27-29-31-47-33-35(49-37(43)30-28-26-24-10-8-6-4-2)34-48-41-40(46)39(45)38(44)36(32-42)50-41/h11-12,14-15,35-36,38-42,44-46H,3-10,13,16-34H2,1-2H3/b12-11-,15-14-. The fourth-order valence-corrected chi connectivity index (χ4v) is 6.11. The van der Waals surface area contributed by atoms with Crippen molar-refractivity contribution < 1.29 is 44.2 Å². The second-order valence-corrected chi connectivity index (χ2v) is 14.1. The number of ether oxygens (including phenoxy) is 4. The van der Waals surface area contributed by atoms with E-state index in [1.807, 2.05) is 0 Å². The van der Waals surface area contributed by atoms with Gasteiger partial charge in [0.1, 0.15) is 30.5 Å². The minimum absolute atomic E-state index is 0.112. The van der Waals surface area contributed by atoms with Crippen molar-refractivity contribution in [1.82, 2.24) is 0 Å². The van der Waals surface area contributed by atoms with E-state index < -0.39 is 43.4 Å².